The summed E-state index contributed by atoms with van der Waals surface area (Å²) in [6, 6.07) is 0. The molecule has 0 bridgehead atoms. The zero-order valence-electron chi connectivity index (χ0n) is 5.84. The third-order valence-electron chi connectivity index (χ3n) is 1.63. The minimum absolute atomic E-state index is 0.0967. The Balaban J connectivity index is 2.11. The Morgan fingerprint density at radius 3 is 3.00 bits per heavy atom. The van der Waals surface area contributed by atoms with Crippen LogP contribution < -0.4 is 0 Å². The maximum Gasteiger partial charge on any atom is 0.0522 e. The van der Waals surface area contributed by atoms with Crippen molar-refractivity contribution in [3.8, 4) is 0 Å². The van der Waals surface area contributed by atoms with E-state index >= 15 is 0 Å². The molecule has 2 atom stereocenters. The van der Waals surface area contributed by atoms with Gasteiger partial charge in [-0.25, -0.2) is 0 Å². The van der Waals surface area contributed by atoms with E-state index in [-0.39, 0.29) is 6.10 Å². The molecule has 0 radical (unpaired) electrons. The first-order valence-electron chi connectivity index (χ1n) is 3.58. The van der Waals surface area contributed by atoms with Gasteiger partial charge in [0.05, 0.1) is 6.10 Å². The normalized spacial score (nSPS) is 30.7. The average Bonchev–Trinajstić information content (AvgIpc) is 2.15. The minimum atomic E-state index is -0.0967. The molecular weight excluding hydrogens is 132 g/mol. The highest BCUT2D eigenvalue weighted by Crippen LogP contribution is 2.29. The Morgan fingerprint density at radius 1 is 1.78 bits per heavy atom. The fourth-order valence-corrected chi connectivity index (χ4v) is 2.63. The third-order valence-corrected chi connectivity index (χ3v) is 3.05. The van der Waals surface area contributed by atoms with Crippen LogP contribution in [-0.2, 0) is 0 Å². The second-order valence-electron chi connectivity index (χ2n) is 2.72. The Kier molecular flexibility index (Phi) is 2.86. The van der Waals surface area contributed by atoms with Gasteiger partial charge in [0.2, 0.25) is 0 Å². The Labute approximate surface area is 60.8 Å². The van der Waals surface area contributed by atoms with Gasteiger partial charge in [-0.1, -0.05) is 0 Å². The van der Waals surface area contributed by atoms with Gasteiger partial charge in [0.15, 0.2) is 0 Å². The van der Waals surface area contributed by atoms with Crippen molar-refractivity contribution in [3.05, 3.63) is 0 Å². The lowest BCUT2D eigenvalue weighted by Crippen LogP contribution is -2.08. The second kappa shape index (κ2) is 3.47. The second-order valence-corrected chi connectivity index (χ2v) is 4.13. The Morgan fingerprint density at radius 2 is 2.56 bits per heavy atom. The number of hydrogen-bond donors (Lipinski definition) is 1. The first-order valence-corrected chi connectivity index (χ1v) is 4.63. The molecule has 0 spiro atoms. The average molecular weight is 146 g/mol. The summed E-state index contributed by atoms with van der Waals surface area (Å²) in [5.74, 6) is 1.30. The fraction of sp³-hybridized carbons (Fsp3) is 1.00. The van der Waals surface area contributed by atoms with E-state index in [2.05, 4.69) is 0 Å². The van der Waals surface area contributed by atoms with E-state index in [1.807, 2.05) is 18.7 Å². The van der Waals surface area contributed by atoms with Crippen molar-refractivity contribution in [2.75, 3.05) is 5.75 Å². The van der Waals surface area contributed by atoms with Crippen LogP contribution in [-0.4, -0.2) is 22.2 Å². The molecule has 0 amide bonds. The smallest absolute Gasteiger partial charge is 0.0522 e. The summed E-state index contributed by atoms with van der Waals surface area (Å²) in [4.78, 5) is 0. The van der Waals surface area contributed by atoms with Gasteiger partial charge in [-0.15, -0.1) is 0 Å². The van der Waals surface area contributed by atoms with E-state index in [1.165, 1.54) is 18.6 Å². The minimum Gasteiger partial charge on any atom is -0.393 e. The number of hydrogen-bond acceptors (Lipinski definition) is 2. The highest BCUT2D eigenvalue weighted by molar-refractivity contribution is 8.00. The number of aliphatic hydroxyl groups is 1. The van der Waals surface area contributed by atoms with Crippen LogP contribution in [0.2, 0.25) is 0 Å². The largest absolute Gasteiger partial charge is 0.393 e. The van der Waals surface area contributed by atoms with Crippen LogP contribution in [0.4, 0.5) is 0 Å². The van der Waals surface area contributed by atoms with Gasteiger partial charge in [0.25, 0.3) is 0 Å². The lowest BCUT2D eigenvalue weighted by molar-refractivity contribution is 0.183. The molecule has 1 aliphatic rings. The van der Waals surface area contributed by atoms with Gasteiger partial charge >= 0.3 is 0 Å². The lowest BCUT2D eigenvalue weighted by Gasteiger charge is -2.09. The van der Waals surface area contributed by atoms with Crippen LogP contribution in [0.1, 0.15) is 26.2 Å². The molecule has 1 fully saturated rings. The predicted molar refractivity (Wildman–Crippen MR) is 41.8 cm³/mol. The van der Waals surface area contributed by atoms with Crippen LogP contribution >= 0.6 is 11.8 Å². The van der Waals surface area contributed by atoms with Crippen LogP contribution in [0.25, 0.3) is 0 Å². The molecular formula is C7H14OS. The maximum absolute atomic E-state index is 9.00. The third kappa shape index (κ3) is 2.59. The molecule has 0 aromatic rings. The number of rotatable bonds is 2. The quantitative estimate of drug-likeness (QED) is 0.639. The van der Waals surface area contributed by atoms with Crippen molar-refractivity contribution in [1.29, 1.82) is 0 Å². The van der Waals surface area contributed by atoms with E-state index < -0.39 is 0 Å². The monoisotopic (exact) mass is 146 g/mol. The van der Waals surface area contributed by atoms with Crippen molar-refractivity contribution < 1.29 is 5.11 Å². The Bertz CT molecular complexity index is 77.0. The van der Waals surface area contributed by atoms with Gasteiger partial charge in [-0.05, 0) is 31.9 Å². The molecule has 1 nitrogen and oxygen atoms in total. The lowest BCUT2D eigenvalue weighted by atomic mass is 10.1. The maximum atomic E-state index is 9.00. The van der Waals surface area contributed by atoms with Gasteiger partial charge < -0.3 is 5.11 Å². The van der Waals surface area contributed by atoms with Crippen molar-refractivity contribution in [3.63, 3.8) is 0 Å². The first kappa shape index (κ1) is 7.42. The van der Waals surface area contributed by atoms with Gasteiger partial charge in [-0.2, -0.15) is 11.8 Å². The SMILES string of the molecule is C[C@H](O)CC1CCCS1. The van der Waals surface area contributed by atoms with Crippen molar-refractivity contribution in [2.24, 2.45) is 0 Å². The highest BCUT2D eigenvalue weighted by Gasteiger charge is 2.16. The molecule has 0 saturated carbocycles. The zero-order chi connectivity index (χ0) is 6.69. The fourth-order valence-electron chi connectivity index (χ4n) is 1.21. The van der Waals surface area contributed by atoms with Gasteiger partial charge in [0, 0.05) is 5.25 Å². The van der Waals surface area contributed by atoms with E-state index in [1.54, 1.807) is 0 Å². The molecule has 1 saturated heterocycles. The molecule has 0 aromatic carbocycles. The van der Waals surface area contributed by atoms with Crippen molar-refractivity contribution in [1.82, 2.24) is 0 Å². The van der Waals surface area contributed by atoms with E-state index in [0.29, 0.717) is 0 Å². The molecule has 1 heterocycles. The molecule has 54 valence electrons. The number of aliphatic hydroxyl groups excluding tert-OH is 1. The molecule has 2 heteroatoms. The molecule has 1 aliphatic heterocycles. The summed E-state index contributed by atoms with van der Waals surface area (Å²) in [6.45, 7) is 1.87. The first-order chi connectivity index (χ1) is 4.29. The molecule has 1 unspecified atom stereocenters. The molecule has 1 rings (SSSR count). The van der Waals surface area contributed by atoms with E-state index in [0.717, 1.165) is 11.7 Å². The summed E-state index contributed by atoms with van der Waals surface area (Å²) in [5.41, 5.74) is 0. The van der Waals surface area contributed by atoms with E-state index in [9.17, 15) is 0 Å². The molecule has 0 aromatic heterocycles. The molecule has 0 aliphatic carbocycles. The summed E-state index contributed by atoms with van der Waals surface area (Å²) >= 11 is 2.01. The molecule has 1 N–H and O–H groups in total. The van der Waals surface area contributed by atoms with Crippen LogP contribution in [0.3, 0.4) is 0 Å². The highest BCUT2D eigenvalue weighted by atomic mass is 32.2. The Hall–Kier alpha value is 0.310. The summed E-state index contributed by atoms with van der Waals surface area (Å²) < 4.78 is 0. The van der Waals surface area contributed by atoms with E-state index in [4.69, 9.17) is 5.11 Å². The zero-order valence-corrected chi connectivity index (χ0v) is 6.66. The topological polar surface area (TPSA) is 20.2 Å². The summed E-state index contributed by atoms with van der Waals surface area (Å²) in [6.07, 6.45) is 3.56. The summed E-state index contributed by atoms with van der Waals surface area (Å²) in [5, 5.41) is 9.75. The van der Waals surface area contributed by atoms with Crippen molar-refractivity contribution in [2.45, 2.75) is 37.5 Å². The summed E-state index contributed by atoms with van der Waals surface area (Å²) in [7, 11) is 0. The van der Waals surface area contributed by atoms with Crippen LogP contribution in [0.5, 0.6) is 0 Å². The standard InChI is InChI=1S/C7H14OS/c1-6(8)5-7-3-2-4-9-7/h6-8H,2-5H2,1H3/t6-,7?/m0/s1. The van der Waals surface area contributed by atoms with Crippen LogP contribution in [0, 0.1) is 0 Å². The predicted octanol–water partition coefficient (Wildman–Crippen LogP) is 1.65. The van der Waals surface area contributed by atoms with Crippen molar-refractivity contribution >= 4 is 11.8 Å². The molecule has 9 heavy (non-hydrogen) atoms. The number of thioether (sulfide) groups is 1. The van der Waals surface area contributed by atoms with Crippen LogP contribution in [0.15, 0.2) is 0 Å². The van der Waals surface area contributed by atoms with Gasteiger partial charge in [-0.3, -0.25) is 0 Å². The van der Waals surface area contributed by atoms with Gasteiger partial charge in [0.1, 0.15) is 0 Å².